The molecule has 3 N–H and O–H groups in total. The molecule has 176 valence electrons. The van der Waals surface area contributed by atoms with Crippen LogP contribution in [-0.2, 0) is 12.8 Å². The maximum atomic E-state index is 13.4. The smallest absolute Gasteiger partial charge is 0.200 e. The molecule has 0 saturated heterocycles. The van der Waals surface area contributed by atoms with Crippen LogP contribution in [0.2, 0.25) is 0 Å². The van der Waals surface area contributed by atoms with Gasteiger partial charge in [-0.3, -0.25) is 4.79 Å². The fraction of sp³-hybridized carbons (Fsp3) is 0.393. The lowest BCUT2D eigenvalue weighted by molar-refractivity contribution is -0.0422. The topological polar surface area (TPSA) is 87.0 Å². The number of fused-ring (bicyclic) bond motifs is 1. The van der Waals surface area contributed by atoms with Crippen molar-refractivity contribution >= 4 is 5.78 Å². The van der Waals surface area contributed by atoms with Crippen LogP contribution in [0.25, 0.3) is 0 Å². The lowest BCUT2D eigenvalue weighted by Crippen LogP contribution is -2.46. The summed E-state index contributed by atoms with van der Waals surface area (Å²) in [7, 11) is 0. The van der Waals surface area contributed by atoms with E-state index in [1.807, 2.05) is 19.1 Å². The van der Waals surface area contributed by atoms with Gasteiger partial charge in [-0.15, -0.1) is 0 Å². The number of aliphatic hydroxyl groups is 1. The van der Waals surface area contributed by atoms with Gasteiger partial charge in [0.05, 0.1) is 6.10 Å². The van der Waals surface area contributed by atoms with Crippen molar-refractivity contribution in [3.63, 3.8) is 0 Å². The van der Waals surface area contributed by atoms with Gasteiger partial charge in [-0.2, -0.15) is 0 Å². The molecule has 5 heteroatoms. The predicted molar refractivity (Wildman–Crippen MR) is 130 cm³/mol. The lowest BCUT2D eigenvalue weighted by atomic mass is 9.85. The highest BCUT2D eigenvalue weighted by Gasteiger charge is 2.41. The molecule has 0 amide bonds. The number of allylic oxidation sites excluding steroid dienone is 4. The highest BCUT2D eigenvalue weighted by molar-refractivity contribution is 6.13. The molecule has 33 heavy (non-hydrogen) atoms. The third-order valence-electron chi connectivity index (χ3n) is 6.17. The fourth-order valence-corrected chi connectivity index (χ4v) is 3.99. The van der Waals surface area contributed by atoms with E-state index < -0.39 is 11.7 Å². The number of hydrogen-bond acceptors (Lipinski definition) is 5. The predicted octanol–water partition coefficient (Wildman–Crippen LogP) is 5.64. The summed E-state index contributed by atoms with van der Waals surface area (Å²) in [6, 6.07) is 8.68. The molecule has 1 aliphatic rings. The van der Waals surface area contributed by atoms with Crippen LogP contribution in [0.15, 0.2) is 53.6 Å². The number of aliphatic hydroxyl groups excluding tert-OH is 1. The summed E-state index contributed by atoms with van der Waals surface area (Å²) in [6.45, 7) is 9.57. The largest absolute Gasteiger partial charge is 0.507 e. The molecule has 0 aromatic heterocycles. The van der Waals surface area contributed by atoms with E-state index >= 15 is 0 Å². The number of phenols is 2. The zero-order chi connectivity index (χ0) is 24.3. The number of aromatic hydroxyl groups is 2. The van der Waals surface area contributed by atoms with Gasteiger partial charge in [-0.25, -0.2) is 0 Å². The summed E-state index contributed by atoms with van der Waals surface area (Å²) in [5.41, 5.74) is 2.47. The average Bonchev–Trinajstić information content (AvgIpc) is 2.75. The average molecular weight is 451 g/mol. The van der Waals surface area contributed by atoms with E-state index in [0.29, 0.717) is 11.1 Å². The highest BCUT2D eigenvalue weighted by Crippen LogP contribution is 2.48. The van der Waals surface area contributed by atoms with Gasteiger partial charge >= 0.3 is 0 Å². The molecule has 0 spiro atoms. The standard InChI is InChI=1S/C28H34O5/c1-17(2)10-9-11-18(3)14-15-20-25(31)21-16-22(29)28(4,5)33-27(21)23(26(20)32)24(30)19-12-7-6-8-13-19/h6-8,10,12-14,22,29,31-32H,9,11,15-16H2,1-5H3. The molecule has 1 atom stereocenters. The van der Waals surface area contributed by atoms with Gasteiger partial charge in [-0.05, 0) is 53.9 Å². The summed E-state index contributed by atoms with van der Waals surface area (Å²) >= 11 is 0. The van der Waals surface area contributed by atoms with Crippen molar-refractivity contribution in [2.24, 2.45) is 0 Å². The Labute approximate surface area is 196 Å². The Bertz CT molecular complexity index is 1090. The number of carbonyl (C=O) groups is 1. The summed E-state index contributed by atoms with van der Waals surface area (Å²) in [6.07, 6.45) is 5.43. The molecule has 1 heterocycles. The molecule has 3 rings (SSSR count). The van der Waals surface area contributed by atoms with Gasteiger partial charge in [0.2, 0.25) is 5.78 Å². The molecule has 0 radical (unpaired) electrons. The van der Waals surface area contributed by atoms with Gasteiger partial charge in [0, 0.05) is 23.1 Å². The van der Waals surface area contributed by atoms with Gasteiger partial charge in [-0.1, -0.05) is 53.6 Å². The second-order valence-electron chi connectivity index (χ2n) is 9.55. The van der Waals surface area contributed by atoms with E-state index in [0.717, 1.165) is 18.4 Å². The minimum atomic E-state index is -0.972. The molecule has 0 aliphatic carbocycles. The molecule has 2 aromatic carbocycles. The fourth-order valence-electron chi connectivity index (χ4n) is 3.99. The second-order valence-corrected chi connectivity index (χ2v) is 9.55. The molecular formula is C28H34O5. The first kappa shape index (κ1) is 24.6. The van der Waals surface area contributed by atoms with Crippen LogP contribution in [0.4, 0.5) is 0 Å². The summed E-state index contributed by atoms with van der Waals surface area (Å²) in [4.78, 5) is 13.4. The number of carbonyl (C=O) groups excluding carboxylic acids is 1. The van der Waals surface area contributed by atoms with E-state index in [-0.39, 0.29) is 47.0 Å². The summed E-state index contributed by atoms with van der Waals surface area (Å²) in [5.74, 6) is -0.653. The number of ketones is 1. The summed E-state index contributed by atoms with van der Waals surface area (Å²) < 4.78 is 6.01. The molecule has 0 fully saturated rings. The van der Waals surface area contributed by atoms with E-state index in [1.165, 1.54) is 5.57 Å². The maximum absolute atomic E-state index is 13.4. The van der Waals surface area contributed by atoms with Gasteiger partial charge in [0.15, 0.2) is 0 Å². The van der Waals surface area contributed by atoms with Crippen molar-refractivity contribution in [2.45, 2.75) is 72.0 Å². The first-order valence-electron chi connectivity index (χ1n) is 11.4. The Morgan fingerprint density at radius 3 is 2.39 bits per heavy atom. The number of rotatable bonds is 7. The minimum absolute atomic E-state index is 0.0274. The monoisotopic (exact) mass is 450 g/mol. The van der Waals surface area contributed by atoms with Crippen molar-refractivity contribution in [2.75, 3.05) is 0 Å². The van der Waals surface area contributed by atoms with Crippen LogP contribution in [-0.4, -0.2) is 32.8 Å². The van der Waals surface area contributed by atoms with E-state index in [4.69, 9.17) is 4.74 Å². The Kier molecular flexibility index (Phi) is 7.33. The Morgan fingerprint density at radius 2 is 1.76 bits per heavy atom. The molecule has 1 aliphatic heterocycles. The highest BCUT2D eigenvalue weighted by atomic mass is 16.5. The Morgan fingerprint density at radius 1 is 1.09 bits per heavy atom. The van der Waals surface area contributed by atoms with Crippen LogP contribution >= 0.6 is 0 Å². The van der Waals surface area contributed by atoms with Crippen LogP contribution in [0.5, 0.6) is 17.2 Å². The molecule has 2 aromatic rings. The van der Waals surface area contributed by atoms with Crippen molar-refractivity contribution < 1.29 is 24.9 Å². The van der Waals surface area contributed by atoms with E-state index in [9.17, 15) is 20.1 Å². The van der Waals surface area contributed by atoms with Crippen LogP contribution in [0.1, 0.15) is 74.5 Å². The summed E-state index contributed by atoms with van der Waals surface area (Å²) in [5, 5.41) is 32.8. The number of ether oxygens (including phenoxy) is 1. The molecular weight excluding hydrogens is 416 g/mol. The SMILES string of the molecule is CC(C)=CCCC(C)=CCc1c(O)c2c(c(C(=O)c3ccccc3)c1O)OC(C)(C)C(O)C2. The Hall–Kier alpha value is -3.05. The normalized spacial score (nSPS) is 17.2. The Balaban J connectivity index is 2.09. The number of hydrogen-bond donors (Lipinski definition) is 3. The molecule has 1 unspecified atom stereocenters. The number of benzene rings is 2. The maximum Gasteiger partial charge on any atom is 0.200 e. The van der Waals surface area contributed by atoms with Crippen LogP contribution in [0, 0.1) is 0 Å². The van der Waals surface area contributed by atoms with Crippen molar-refractivity contribution in [3.05, 3.63) is 75.9 Å². The lowest BCUT2D eigenvalue weighted by Gasteiger charge is -2.38. The zero-order valence-electron chi connectivity index (χ0n) is 20.1. The molecule has 0 saturated carbocycles. The van der Waals surface area contributed by atoms with Crippen LogP contribution < -0.4 is 4.74 Å². The van der Waals surface area contributed by atoms with E-state index in [2.05, 4.69) is 19.9 Å². The van der Waals surface area contributed by atoms with Crippen LogP contribution in [0.3, 0.4) is 0 Å². The quantitative estimate of drug-likeness (QED) is 0.375. The van der Waals surface area contributed by atoms with Crippen molar-refractivity contribution in [1.29, 1.82) is 0 Å². The van der Waals surface area contributed by atoms with Gasteiger partial charge in [0.1, 0.15) is 28.4 Å². The molecule has 0 bridgehead atoms. The van der Waals surface area contributed by atoms with Gasteiger partial charge < -0.3 is 20.1 Å². The second kappa shape index (κ2) is 9.84. The van der Waals surface area contributed by atoms with Crippen molar-refractivity contribution in [1.82, 2.24) is 0 Å². The van der Waals surface area contributed by atoms with Gasteiger partial charge in [0.25, 0.3) is 0 Å². The first-order chi connectivity index (χ1) is 15.5. The zero-order valence-corrected chi connectivity index (χ0v) is 20.1. The molecule has 5 nitrogen and oxygen atoms in total. The van der Waals surface area contributed by atoms with E-state index in [1.54, 1.807) is 38.1 Å². The first-order valence-corrected chi connectivity index (χ1v) is 11.4. The minimum Gasteiger partial charge on any atom is -0.507 e. The van der Waals surface area contributed by atoms with Crippen molar-refractivity contribution in [3.8, 4) is 17.2 Å². The number of phenolic OH excluding ortho intramolecular Hbond substituents is 2. The third-order valence-corrected chi connectivity index (χ3v) is 6.17. The third kappa shape index (κ3) is 5.31.